The second-order valence-electron chi connectivity index (χ2n) is 4.41. The molecule has 0 bridgehead atoms. The molecule has 0 aromatic heterocycles. The summed E-state index contributed by atoms with van der Waals surface area (Å²) in [4.78, 5) is 14.0. The molecule has 2 heterocycles. The number of ether oxygens (including phenoxy) is 1. The molecule has 2 aliphatic heterocycles. The Morgan fingerprint density at radius 3 is 2.50 bits per heavy atom. The summed E-state index contributed by atoms with van der Waals surface area (Å²) < 4.78 is 5.46. The van der Waals surface area contributed by atoms with Crippen LogP contribution in [0.1, 0.15) is 26.7 Å². The topological polar surface area (TPSA) is 29.5 Å². The molecule has 1 spiro atoms. The van der Waals surface area contributed by atoms with Gasteiger partial charge in [0.1, 0.15) is 0 Å². The predicted octanol–water partition coefficient (Wildman–Crippen LogP) is 1.34. The van der Waals surface area contributed by atoms with Crippen LogP contribution in [0.25, 0.3) is 0 Å². The van der Waals surface area contributed by atoms with Crippen LogP contribution in [-0.2, 0) is 9.53 Å². The van der Waals surface area contributed by atoms with E-state index >= 15 is 0 Å². The van der Waals surface area contributed by atoms with Gasteiger partial charge in [0.15, 0.2) is 5.60 Å². The number of piperidine rings is 1. The van der Waals surface area contributed by atoms with Crippen molar-refractivity contribution in [2.24, 2.45) is 0 Å². The molecule has 14 heavy (non-hydrogen) atoms. The van der Waals surface area contributed by atoms with Gasteiger partial charge in [0.25, 0.3) is 0 Å². The van der Waals surface area contributed by atoms with Crippen LogP contribution in [-0.4, -0.2) is 35.4 Å². The Labute approximate surface area is 84.7 Å². The van der Waals surface area contributed by atoms with E-state index in [1.165, 1.54) is 0 Å². The summed E-state index contributed by atoms with van der Waals surface area (Å²) in [5.41, 5.74) is -0.495. The van der Waals surface area contributed by atoms with Crippen molar-refractivity contribution in [1.29, 1.82) is 0 Å². The minimum atomic E-state index is -0.495. The lowest BCUT2D eigenvalue weighted by Crippen LogP contribution is -2.49. The monoisotopic (exact) mass is 195 g/mol. The number of hydrogen-bond acceptors (Lipinski definition) is 3. The standard InChI is InChI=1S/C11H17NO2/c1-9(2)12-6-4-11(5-7-12)10(13)3-8-14-11/h3,8-9H,4-7H2,1-2H3. The molecular formula is C11H17NO2. The van der Waals surface area contributed by atoms with E-state index < -0.39 is 5.60 Å². The normalized spacial score (nSPS) is 26.1. The second-order valence-corrected chi connectivity index (χ2v) is 4.41. The molecule has 0 amide bonds. The number of carbonyl (C=O) groups excluding carboxylic acids is 1. The lowest BCUT2D eigenvalue weighted by molar-refractivity contribution is -0.134. The van der Waals surface area contributed by atoms with Crippen LogP contribution in [0, 0.1) is 0 Å². The van der Waals surface area contributed by atoms with Crippen LogP contribution < -0.4 is 0 Å². The van der Waals surface area contributed by atoms with E-state index in [2.05, 4.69) is 18.7 Å². The zero-order valence-corrected chi connectivity index (χ0v) is 8.82. The average Bonchev–Trinajstić information content (AvgIpc) is 2.49. The van der Waals surface area contributed by atoms with Crippen LogP contribution in [0.4, 0.5) is 0 Å². The summed E-state index contributed by atoms with van der Waals surface area (Å²) >= 11 is 0. The molecule has 3 heteroatoms. The summed E-state index contributed by atoms with van der Waals surface area (Å²) in [6.07, 6.45) is 4.77. The third-order valence-electron chi connectivity index (χ3n) is 3.30. The molecule has 0 N–H and O–H groups in total. The van der Waals surface area contributed by atoms with E-state index in [1.807, 2.05) is 0 Å². The molecule has 1 saturated heterocycles. The molecule has 0 aromatic carbocycles. The van der Waals surface area contributed by atoms with Crippen molar-refractivity contribution in [1.82, 2.24) is 4.90 Å². The highest BCUT2D eigenvalue weighted by Gasteiger charge is 2.44. The molecule has 0 radical (unpaired) electrons. The zero-order chi connectivity index (χ0) is 10.2. The molecule has 78 valence electrons. The smallest absolute Gasteiger partial charge is 0.202 e. The summed E-state index contributed by atoms with van der Waals surface area (Å²) in [6.45, 7) is 6.30. The first-order chi connectivity index (χ1) is 6.64. The van der Waals surface area contributed by atoms with Gasteiger partial charge in [-0.05, 0) is 13.8 Å². The fourth-order valence-corrected chi connectivity index (χ4v) is 2.20. The van der Waals surface area contributed by atoms with Crippen molar-refractivity contribution in [3.63, 3.8) is 0 Å². The summed E-state index contributed by atoms with van der Waals surface area (Å²) in [7, 11) is 0. The molecule has 0 saturated carbocycles. The largest absolute Gasteiger partial charge is 0.487 e. The highest BCUT2D eigenvalue weighted by Crippen LogP contribution is 2.32. The third kappa shape index (κ3) is 1.46. The van der Waals surface area contributed by atoms with Gasteiger partial charge in [0.2, 0.25) is 5.78 Å². The molecular weight excluding hydrogens is 178 g/mol. The lowest BCUT2D eigenvalue weighted by Gasteiger charge is -2.39. The van der Waals surface area contributed by atoms with Crippen LogP contribution in [0.15, 0.2) is 12.3 Å². The molecule has 0 aliphatic carbocycles. The average molecular weight is 195 g/mol. The minimum absolute atomic E-state index is 0.154. The quantitative estimate of drug-likeness (QED) is 0.632. The Hall–Kier alpha value is -0.830. The van der Waals surface area contributed by atoms with Gasteiger partial charge in [-0.2, -0.15) is 0 Å². The molecule has 0 atom stereocenters. The Kier molecular flexibility index (Phi) is 2.35. The van der Waals surface area contributed by atoms with Gasteiger partial charge >= 0.3 is 0 Å². The van der Waals surface area contributed by atoms with Crippen molar-refractivity contribution < 1.29 is 9.53 Å². The van der Waals surface area contributed by atoms with Crippen molar-refractivity contribution in [2.75, 3.05) is 13.1 Å². The first-order valence-electron chi connectivity index (χ1n) is 5.27. The van der Waals surface area contributed by atoms with Gasteiger partial charge in [-0.15, -0.1) is 0 Å². The third-order valence-corrected chi connectivity index (χ3v) is 3.30. The van der Waals surface area contributed by atoms with Crippen molar-refractivity contribution in [3.8, 4) is 0 Å². The fourth-order valence-electron chi connectivity index (χ4n) is 2.20. The SMILES string of the molecule is CC(C)N1CCC2(CC1)OC=CC2=O. The Morgan fingerprint density at radius 2 is 2.07 bits per heavy atom. The number of carbonyl (C=O) groups is 1. The number of nitrogens with zero attached hydrogens (tertiary/aromatic N) is 1. The van der Waals surface area contributed by atoms with Crippen LogP contribution in [0.2, 0.25) is 0 Å². The molecule has 3 nitrogen and oxygen atoms in total. The summed E-state index contributed by atoms with van der Waals surface area (Å²) in [5.74, 6) is 0.154. The Morgan fingerprint density at radius 1 is 1.43 bits per heavy atom. The van der Waals surface area contributed by atoms with E-state index in [-0.39, 0.29) is 5.78 Å². The van der Waals surface area contributed by atoms with Crippen molar-refractivity contribution >= 4 is 5.78 Å². The maximum Gasteiger partial charge on any atom is 0.202 e. The van der Waals surface area contributed by atoms with Gasteiger partial charge < -0.3 is 9.64 Å². The molecule has 0 unspecified atom stereocenters. The van der Waals surface area contributed by atoms with E-state index in [0.717, 1.165) is 25.9 Å². The van der Waals surface area contributed by atoms with E-state index in [0.29, 0.717) is 6.04 Å². The Balaban J connectivity index is 1.99. The van der Waals surface area contributed by atoms with Crippen LogP contribution >= 0.6 is 0 Å². The lowest BCUT2D eigenvalue weighted by atomic mass is 9.87. The van der Waals surface area contributed by atoms with Crippen LogP contribution in [0.3, 0.4) is 0 Å². The zero-order valence-electron chi connectivity index (χ0n) is 8.82. The van der Waals surface area contributed by atoms with E-state index in [1.54, 1.807) is 12.3 Å². The first kappa shape index (κ1) is 9.71. The minimum Gasteiger partial charge on any atom is -0.487 e. The Bertz CT molecular complexity index is 262. The van der Waals surface area contributed by atoms with E-state index in [9.17, 15) is 4.79 Å². The van der Waals surface area contributed by atoms with Crippen molar-refractivity contribution in [3.05, 3.63) is 12.3 Å². The fraction of sp³-hybridized carbons (Fsp3) is 0.727. The maximum absolute atomic E-state index is 11.6. The van der Waals surface area contributed by atoms with Crippen molar-refractivity contribution in [2.45, 2.75) is 38.3 Å². The second kappa shape index (κ2) is 3.39. The number of rotatable bonds is 1. The molecule has 2 rings (SSSR count). The predicted molar refractivity (Wildman–Crippen MR) is 53.9 cm³/mol. The van der Waals surface area contributed by atoms with Crippen LogP contribution in [0.5, 0.6) is 0 Å². The highest BCUT2D eigenvalue weighted by atomic mass is 16.5. The number of ketones is 1. The number of hydrogen-bond donors (Lipinski definition) is 0. The highest BCUT2D eigenvalue weighted by molar-refractivity contribution is 5.98. The van der Waals surface area contributed by atoms with Gasteiger partial charge in [-0.25, -0.2) is 0 Å². The van der Waals surface area contributed by atoms with Gasteiger partial charge in [0.05, 0.1) is 6.26 Å². The molecule has 2 aliphatic rings. The molecule has 0 aromatic rings. The number of likely N-dealkylation sites (tertiary alicyclic amines) is 1. The summed E-state index contributed by atoms with van der Waals surface area (Å²) in [6, 6.07) is 0.566. The summed E-state index contributed by atoms with van der Waals surface area (Å²) in [5, 5.41) is 0. The molecule has 1 fully saturated rings. The first-order valence-corrected chi connectivity index (χ1v) is 5.27. The van der Waals surface area contributed by atoms with Gasteiger partial charge in [-0.1, -0.05) is 0 Å². The van der Waals surface area contributed by atoms with Gasteiger partial charge in [0, 0.05) is 38.0 Å². The maximum atomic E-state index is 11.6. The van der Waals surface area contributed by atoms with Gasteiger partial charge in [-0.3, -0.25) is 4.79 Å². The van der Waals surface area contributed by atoms with E-state index in [4.69, 9.17) is 4.74 Å².